The molecule has 0 aliphatic heterocycles. The van der Waals surface area contributed by atoms with Gasteiger partial charge in [-0.05, 0) is 43.9 Å². The molecule has 96 valence electrons. The molecule has 1 aromatic rings. The third-order valence-electron chi connectivity index (χ3n) is 3.00. The van der Waals surface area contributed by atoms with Crippen LogP contribution in [0.3, 0.4) is 0 Å². The van der Waals surface area contributed by atoms with Crippen LogP contribution in [0.5, 0.6) is 5.75 Å². The smallest absolute Gasteiger partial charge is 0.135 e. The summed E-state index contributed by atoms with van der Waals surface area (Å²) in [4.78, 5) is 0. The fourth-order valence-corrected chi connectivity index (χ4v) is 2.10. The minimum absolute atomic E-state index is 0.0150. The molecule has 2 rings (SSSR count). The van der Waals surface area contributed by atoms with Crippen molar-refractivity contribution >= 4 is 0 Å². The van der Waals surface area contributed by atoms with Gasteiger partial charge in [-0.2, -0.15) is 0 Å². The first kappa shape index (κ1) is 12.9. The Hall–Kier alpha value is -1.53. The Bertz CT molecular complexity index is 453. The van der Waals surface area contributed by atoms with Gasteiger partial charge in [0, 0.05) is 6.42 Å². The lowest BCUT2D eigenvalue weighted by molar-refractivity contribution is 0.209. The third-order valence-corrected chi connectivity index (χ3v) is 3.00. The maximum atomic E-state index is 13.2. The van der Waals surface area contributed by atoms with Crippen molar-refractivity contribution < 1.29 is 14.2 Å². The van der Waals surface area contributed by atoms with E-state index in [-0.39, 0.29) is 18.5 Å². The summed E-state index contributed by atoms with van der Waals surface area (Å²) in [6, 6.07) is 4.41. The predicted molar refractivity (Wildman–Crippen MR) is 67.9 cm³/mol. The summed E-state index contributed by atoms with van der Waals surface area (Å²) < 4.78 is 19.1. The van der Waals surface area contributed by atoms with Gasteiger partial charge in [0.1, 0.15) is 11.6 Å². The minimum atomic E-state index is -0.318. The maximum Gasteiger partial charge on any atom is 0.135 e. The topological polar surface area (TPSA) is 29.5 Å². The van der Waals surface area contributed by atoms with Gasteiger partial charge in [0.25, 0.3) is 0 Å². The van der Waals surface area contributed by atoms with Gasteiger partial charge in [-0.15, -0.1) is 0 Å². The van der Waals surface area contributed by atoms with Gasteiger partial charge >= 0.3 is 0 Å². The zero-order valence-corrected chi connectivity index (χ0v) is 10.3. The summed E-state index contributed by atoms with van der Waals surface area (Å²) in [6.07, 6.45) is 5.12. The van der Waals surface area contributed by atoms with Gasteiger partial charge < -0.3 is 9.84 Å². The van der Waals surface area contributed by atoms with Crippen molar-refractivity contribution in [2.45, 2.75) is 38.2 Å². The van der Waals surface area contributed by atoms with Gasteiger partial charge in [-0.25, -0.2) is 4.39 Å². The molecule has 0 spiro atoms. The van der Waals surface area contributed by atoms with E-state index < -0.39 is 0 Å². The summed E-state index contributed by atoms with van der Waals surface area (Å²) in [6.45, 7) is 0.0150. The molecule has 1 N–H and O–H groups in total. The molecule has 2 nitrogen and oxygen atoms in total. The fourth-order valence-electron chi connectivity index (χ4n) is 2.10. The fraction of sp³-hybridized carbons (Fsp3) is 0.467. The van der Waals surface area contributed by atoms with E-state index in [1.165, 1.54) is 25.0 Å². The molecule has 1 aliphatic carbocycles. The molecule has 0 aromatic heterocycles. The van der Waals surface area contributed by atoms with Crippen molar-refractivity contribution in [3.8, 4) is 17.6 Å². The molecule has 1 aromatic carbocycles. The number of rotatable bonds is 3. The van der Waals surface area contributed by atoms with Crippen LogP contribution in [0.4, 0.5) is 4.39 Å². The van der Waals surface area contributed by atoms with Crippen molar-refractivity contribution in [3.05, 3.63) is 29.6 Å². The van der Waals surface area contributed by atoms with E-state index in [1.807, 2.05) is 0 Å². The standard InChI is InChI=1S/C15H17FO2/c16-13-8-9-15(18-14-6-1-2-7-14)12(11-13)5-3-4-10-17/h8-9,11,14,17H,1-2,4,6-7,10H2. The van der Waals surface area contributed by atoms with Crippen LogP contribution in [-0.2, 0) is 0 Å². The Labute approximate surface area is 107 Å². The molecule has 1 aliphatic rings. The van der Waals surface area contributed by atoms with Crippen molar-refractivity contribution in [1.82, 2.24) is 0 Å². The van der Waals surface area contributed by atoms with Crippen LogP contribution in [0.1, 0.15) is 37.7 Å². The Balaban J connectivity index is 2.15. The zero-order chi connectivity index (χ0) is 12.8. The number of ether oxygens (including phenoxy) is 1. The zero-order valence-electron chi connectivity index (χ0n) is 10.3. The van der Waals surface area contributed by atoms with Crippen molar-refractivity contribution in [1.29, 1.82) is 0 Å². The first-order valence-electron chi connectivity index (χ1n) is 6.35. The maximum absolute atomic E-state index is 13.2. The van der Waals surface area contributed by atoms with E-state index >= 15 is 0 Å². The van der Waals surface area contributed by atoms with Crippen LogP contribution in [0.25, 0.3) is 0 Å². The van der Waals surface area contributed by atoms with Gasteiger partial charge in [-0.3, -0.25) is 0 Å². The van der Waals surface area contributed by atoms with Crippen molar-refractivity contribution in [2.24, 2.45) is 0 Å². The van der Waals surface area contributed by atoms with Crippen LogP contribution < -0.4 is 4.74 Å². The normalized spacial score (nSPS) is 15.2. The number of aliphatic hydroxyl groups excluding tert-OH is 1. The molecule has 0 amide bonds. The van der Waals surface area contributed by atoms with E-state index in [0.717, 1.165) is 12.8 Å². The highest BCUT2D eigenvalue weighted by Crippen LogP contribution is 2.26. The minimum Gasteiger partial charge on any atom is -0.489 e. The lowest BCUT2D eigenvalue weighted by Crippen LogP contribution is -2.11. The van der Waals surface area contributed by atoms with E-state index in [4.69, 9.17) is 9.84 Å². The SMILES string of the molecule is OCCC#Cc1cc(F)ccc1OC1CCCC1. The first-order valence-corrected chi connectivity index (χ1v) is 6.35. The molecule has 18 heavy (non-hydrogen) atoms. The second-order valence-corrected chi connectivity index (χ2v) is 4.44. The lowest BCUT2D eigenvalue weighted by Gasteiger charge is -2.14. The largest absolute Gasteiger partial charge is 0.489 e. The predicted octanol–water partition coefficient (Wildman–Crippen LogP) is 2.88. The number of hydrogen-bond donors (Lipinski definition) is 1. The molecular weight excluding hydrogens is 231 g/mol. The van der Waals surface area contributed by atoms with Crippen LogP contribution in [0, 0.1) is 17.7 Å². The average Bonchev–Trinajstić information content (AvgIpc) is 2.86. The van der Waals surface area contributed by atoms with Gasteiger partial charge in [0.2, 0.25) is 0 Å². The molecule has 0 saturated heterocycles. The Morgan fingerprint density at radius 2 is 2.11 bits per heavy atom. The quantitative estimate of drug-likeness (QED) is 0.833. The Morgan fingerprint density at radius 1 is 1.33 bits per heavy atom. The monoisotopic (exact) mass is 248 g/mol. The summed E-state index contributed by atoms with van der Waals surface area (Å²) in [7, 11) is 0. The number of benzene rings is 1. The van der Waals surface area contributed by atoms with Gasteiger partial charge in [0.05, 0.1) is 18.3 Å². The van der Waals surface area contributed by atoms with Crippen LogP contribution in [-0.4, -0.2) is 17.8 Å². The number of aliphatic hydroxyl groups is 1. The summed E-state index contributed by atoms with van der Waals surface area (Å²) in [5, 5.41) is 8.69. The van der Waals surface area contributed by atoms with E-state index in [0.29, 0.717) is 17.7 Å². The number of hydrogen-bond acceptors (Lipinski definition) is 2. The molecule has 0 unspecified atom stereocenters. The van der Waals surface area contributed by atoms with Gasteiger partial charge in [-0.1, -0.05) is 11.8 Å². The van der Waals surface area contributed by atoms with E-state index in [2.05, 4.69) is 11.8 Å². The second-order valence-electron chi connectivity index (χ2n) is 4.44. The molecule has 0 heterocycles. The lowest BCUT2D eigenvalue weighted by atomic mass is 10.2. The highest BCUT2D eigenvalue weighted by Gasteiger charge is 2.17. The highest BCUT2D eigenvalue weighted by atomic mass is 19.1. The Kier molecular flexibility index (Phi) is 4.60. The molecule has 0 atom stereocenters. The summed E-state index contributed by atoms with van der Waals surface area (Å²) >= 11 is 0. The summed E-state index contributed by atoms with van der Waals surface area (Å²) in [5.41, 5.74) is 0.565. The highest BCUT2D eigenvalue weighted by molar-refractivity contribution is 5.46. The van der Waals surface area contributed by atoms with Crippen molar-refractivity contribution in [2.75, 3.05) is 6.61 Å². The van der Waals surface area contributed by atoms with Crippen LogP contribution in [0.2, 0.25) is 0 Å². The molecule has 1 fully saturated rings. The van der Waals surface area contributed by atoms with E-state index in [9.17, 15) is 4.39 Å². The van der Waals surface area contributed by atoms with Crippen LogP contribution >= 0.6 is 0 Å². The molecular formula is C15H17FO2. The second kappa shape index (κ2) is 6.42. The molecule has 3 heteroatoms. The molecule has 0 bridgehead atoms. The average molecular weight is 248 g/mol. The van der Waals surface area contributed by atoms with Crippen molar-refractivity contribution in [3.63, 3.8) is 0 Å². The molecule has 0 radical (unpaired) electrons. The third kappa shape index (κ3) is 3.48. The van der Waals surface area contributed by atoms with E-state index in [1.54, 1.807) is 6.07 Å². The summed E-state index contributed by atoms with van der Waals surface area (Å²) in [5.74, 6) is 5.98. The van der Waals surface area contributed by atoms with Crippen LogP contribution in [0.15, 0.2) is 18.2 Å². The Morgan fingerprint density at radius 3 is 2.83 bits per heavy atom. The van der Waals surface area contributed by atoms with Gasteiger partial charge in [0.15, 0.2) is 0 Å². The molecule has 1 saturated carbocycles. The first-order chi connectivity index (χ1) is 8.79. The number of halogens is 1.